The molecule has 0 aromatic heterocycles. The predicted molar refractivity (Wildman–Crippen MR) is 61.9 cm³/mol. The van der Waals surface area contributed by atoms with Gasteiger partial charge < -0.3 is 5.32 Å². The van der Waals surface area contributed by atoms with E-state index in [0.717, 1.165) is 18.9 Å². The Labute approximate surface area is 99.1 Å². The molecule has 1 unspecified atom stereocenters. The average Bonchev–Trinajstić information content (AvgIpc) is 2.76. The Balaban J connectivity index is 1.92. The minimum absolute atomic E-state index is 0.0736. The van der Waals surface area contributed by atoms with Gasteiger partial charge in [-0.15, -0.1) is 0 Å². The monoisotopic (exact) mass is 231 g/mol. The lowest BCUT2D eigenvalue weighted by Crippen LogP contribution is -2.29. The molecule has 4 nitrogen and oxygen atoms in total. The van der Waals surface area contributed by atoms with Crippen LogP contribution in [0.4, 0.5) is 0 Å². The molecule has 4 heteroatoms. The van der Waals surface area contributed by atoms with Crippen LogP contribution in [-0.2, 0) is 14.4 Å². The lowest BCUT2D eigenvalue weighted by atomic mass is 10.0. The van der Waals surface area contributed by atoms with E-state index in [0.29, 0.717) is 6.42 Å². The fourth-order valence-electron chi connectivity index (χ4n) is 1.91. The fourth-order valence-corrected chi connectivity index (χ4v) is 1.91. The molecular weight excluding hydrogens is 218 g/mol. The molecule has 0 fully saturated rings. The molecule has 1 amide bonds. The summed E-state index contributed by atoms with van der Waals surface area (Å²) >= 11 is 0. The van der Waals surface area contributed by atoms with Crippen molar-refractivity contribution in [3.05, 3.63) is 36.1 Å². The Kier molecular flexibility index (Phi) is 3.32. The number of hydrogen-bond acceptors (Lipinski definition) is 3. The molecular formula is C13H13NO3. The Bertz CT molecular complexity index is 457. The third kappa shape index (κ3) is 3.00. The molecule has 0 aromatic rings. The maximum absolute atomic E-state index is 11.6. The smallest absolute Gasteiger partial charge is 0.225 e. The van der Waals surface area contributed by atoms with Crippen molar-refractivity contribution in [3.63, 3.8) is 0 Å². The number of amides is 1. The molecule has 0 saturated carbocycles. The van der Waals surface area contributed by atoms with Crippen molar-refractivity contribution in [2.45, 2.75) is 19.3 Å². The quantitative estimate of drug-likeness (QED) is 0.583. The van der Waals surface area contributed by atoms with Crippen LogP contribution in [0.25, 0.3) is 0 Å². The van der Waals surface area contributed by atoms with Crippen molar-refractivity contribution in [2.75, 3.05) is 0 Å². The molecule has 17 heavy (non-hydrogen) atoms. The molecule has 0 aliphatic heterocycles. The molecule has 2 aliphatic rings. The highest BCUT2D eigenvalue weighted by atomic mass is 16.2. The van der Waals surface area contributed by atoms with E-state index in [4.69, 9.17) is 0 Å². The Hall–Kier alpha value is -1.97. The van der Waals surface area contributed by atoms with Crippen LogP contribution < -0.4 is 5.32 Å². The summed E-state index contributed by atoms with van der Waals surface area (Å²) < 4.78 is 0. The third-order valence-corrected chi connectivity index (χ3v) is 2.79. The van der Waals surface area contributed by atoms with Gasteiger partial charge >= 0.3 is 0 Å². The van der Waals surface area contributed by atoms with Gasteiger partial charge in [0.2, 0.25) is 11.7 Å². The largest absolute Gasteiger partial charge is 0.323 e. The highest BCUT2D eigenvalue weighted by Gasteiger charge is 2.18. The van der Waals surface area contributed by atoms with Gasteiger partial charge in [-0.25, -0.2) is 0 Å². The summed E-state index contributed by atoms with van der Waals surface area (Å²) in [6.07, 6.45) is 9.92. The second-order valence-corrected chi connectivity index (χ2v) is 4.18. The van der Waals surface area contributed by atoms with E-state index in [9.17, 15) is 14.4 Å². The van der Waals surface area contributed by atoms with Gasteiger partial charge in [-0.1, -0.05) is 12.2 Å². The topological polar surface area (TPSA) is 63.2 Å². The number of ketones is 2. The van der Waals surface area contributed by atoms with E-state index in [1.807, 2.05) is 6.08 Å². The first kappa shape index (κ1) is 11.5. The summed E-state index contributed by atoms with van der Waals surface area (Å²) in [5.41, 5.74) is 0.0736. The van der Waals surface area contributed by atoms with Gasteiger partial charge in [0.15, 0.2) is 5.78 Å². The molecule has 88 valence electrons. The fraction of sp³-hybridized carbons (Fsp3) is 0.308. The van der Waals surface area contributed by atoms with Crippen LogP contribution >= 0.6 is 0 Å². The second kappa shape index (κ2) is 4.91. The molecule has 0 saturated heterocycles. The number of rotatable bonds is 3. The maximum atomic E-state index is 11.6. The van der Waals surface area contributed by atoms with E-state index in [1.54, 1.807) is 0 Å². The van der Waals surface area contributed by atoms with Gasteiger partial charge in [0.1, 0.15) is 0 Å². The van der Waals surface area contributed by atoms with Crippen LogP contribution in [0.15, 0.2) is 36.1 Å². The SMILES string of the molecule is O=C1C=CC(=O)C(NC(=O)CC2C=CCC2)=C1. The summed E-state index contributed by atoms with van der Waals surface area (Å²) in [4.78, 5) is 34.1. The van der Waals surface area contributed by atoms with Crippen LogP contribution in [0, 0.1) is 5.92 Å². The van der Waals surface area contributed by atoms with Gasteiger partial charge in [-0.05, 0) is 30.9 Å². The zero-order valence-corrected chi connectivity index (χ0v) is 9.31. The Morgan fingerprint density at radius 2 is 2.18 bits per heavy atom. The molecule has 1 atom stereocenters. The van der Waals surface area contributed by atoms with Crippen LogP contribution in [0.5, 0.6) is 0 Å². The molecule has 0 aromatic carbocycles. The van der Waals surface area contributed by atoms with Gasteiger partial charge in [-0.3, -0.25) is 14.4 Å². The summed E-state index contributed by atoms with van der Waals surface area (Å²) in [6, 6.07) is 0. The van der Waals surface area contributed by atoms with Gasteiger partial charge in [0.05, 0.1) is 5.70 Å². The van der Waals surface area contributed by atoms with E-state index >= 15 is 0 Å². The molecule has 0 radical (unpaired) electrons. The molecule has 1 N–H and O–H groups in total. The minimum atomic E-state index is -0.333. The third-order valence-electron chi connectivity index (χ3n) is 2.79. The first-order valence-corrected chi connectivity index (χ1v) is 5.60. The van der Waals surface area contributed by atoms with E-state index in [-0.39, 0.29) is 29.1 Å². The average molecular weight is 231 g/mol. The number of carbonyl (C=O) groups excluding carboxylic acids is 3. The van der Waals surface area contributed by atoms with E-state index in [2.05, 4.69) is 11.4 Å². The van der Waals surface area contributed by atoms with Crippen molar-refractivity contribution in [2.24, 2.45) is 5.92 Å². The standard InChI is InChI=1S/C13H13NO3/c15-10-5-6-12(16)11(8-10)14-13(17)7-9-3-1-2-4-9/h1,3,5-6,8-9H,2,4,7H2,(H,14,17). The maximum Gasteiger partial charge on any atom is 0.225 e. The van der Waals surface area contributed by atoms with Crippen molar-refractivity contribution in [1.82, 2.24) is 5.32 Å². The highest BCUT2D eigenvalue weighted by molar-refractivity contribution is 6.18. The number of carbonyl (C=O) groups is 3. The molecule has 0 bridgehead atoms. The zero-order valence-electron chi connectivity index (χ0n) is 9.31. The lowest BCUT2D eigenvalue weighted by Gasteiger charge is -2.11. The van der Waals surface area contributed by atoms with Gasteiger partial charge in [0.25, 0.3) is 0 Å². The minimum Gasteiger partial charge on any atom is -0.323 e. The van der Waals surface area contributed by atoms with E-state index in [1.165, 1.54) is 12.2 Å². The van der Waals surface area contributed by atoms with Gasteiger partial charge in [0, 0.05) is 12.5 Å². The normalized spacial score (nSPS) is 22.8. The molecule has 2 aliphatic carbocycles. The van der Waals surface area contributed by atoms with Crippen molar-refractivity contribution in [1.29, 1.82) is 0 Å². The van der Waals surface area contributed by atoms with Crippen LogP contribution in [-0.4, -0.2) is 17.5 Å². The molecule has 0 spiro atoms. The van der Waals surface area contributed by atoms with Crippen LogP contribution in [0.2, 0.25) is 0 Å². The predicted octanol–water partition coefficient (Wildman–Crippen LogP) is 1.05. The van der Waals surface area contributed by atoms with E-state index < -0.39 is 0 Å². The Morgan fingerprint density at radius 3 is 2.88 bits per heavy atom. The van der Waals surface area contributed by atoms with Crippen molar-refractivity contribution < 1.29 is 14.4 Å². The zero-order chi connectivity index (χ0) is 12.3. The van der Waals surface area contributed by atoms with Crippen LogP contribution in [0.3, 0.4) is 0 Å². The summed E-state index contributed by atoms with van der Waals surface area (Å²) in [6.45, 7) is 0. The van der Waals surface area contributed by atoms with Crippen molar-refractivity contribution >= 4 is 17.5 Å². The molecule has 2 rings (SSSR count). The summed E-state index contributed by atoms with van der Waals surface area (Å²) in [5.74, 6) is -0.578. The second-order valence-electron chi connectivity index (χ2n) is 4.18. The number of nitrogens with one attached hydrogen (secondary N) is 1. The molecule has 0 heterocycles. The highest BCUT2D eigenvalue weighted by Crippen LogP contribution is 2.20. The first-order chi connectivity index (χ1) is 8.15. The summed E-state index contributed by atoms with van der Waals surface area (Å²) in [7, 11) is 0. The van der Waals surface area contributed by atoms with Crippen molar-refractivity contribution in [3.8, 4) is 0 Å². The van der Waals surface area contributed by atoms with Crippen LogP contribution in [0.1, 0.15) is 19.3 Å². The Morgan fingerprint density at radius 1 is 1.35 bits per heavy atom. The number of hydrogen-bond donors (Lipinski definition) is 1. The number of allylic oxidation sites excluding steroid dienone is 5. The van der Waals surface area contributed by atoms with Gasteiger partial charge in [-0.2, -0.15) is 0 Å². The first-order valence-electron chi connectivity index (χ1n) is 5.60. The summed E-state index contributed by atoms with van der Waals surface area (Å²) in [5, 5.41) is 2.49. The lowest BCUT2D eigenvalue weighted by molar-refractivity contribution is -0.122.